The summed E-state index contributed by atoms with van der Waals surface area (Å²) in [5.74, 6) is 2.29. The van der Waals surface area contributed by atoms with Crippen LogP contribution in [-0.2, 0) is 9.59 Å². The number of carbonyl (C=O) groups is 2. The quantitative estimate of drug-likeness (QED) is 0.676. The molecule has 0 saturated heterocycles. The molecule has 0 heterocycles. The number of rotatable bonds is 1. The topological polar surface area (TPSA) is 34.1 Å². The summed E-state index contributed by atoms with van der Waals surface area (Å²) in [5, 5.41) is 0. The van der Waals surface area contributed by atoms with Crippen molar-refractivity contribution in [2.45, 2.75) is 52.4 Å². The Morgan fingerprint density at radius 3 is 2.42 bits per heavy atom. The fourth-order valence-electron chi connectivity index (χ4n) is 5.24. The first kappa shape index (κ1) is 13.1. The standard InChI is InChI=1S/C17H24O2/c1-4-16(2)13-9-10-17(3)12(6-8-15(17)19)11(13)5-7-14(16)18/h4,11-13H,1,5-10H2,2-3H3/t11-,12-,13-,16+,17-/m0/s1. The minimum atomic E-state index is -0.351. The van der Waals surface area contributed by atoms with Crippen LogP contribution in [0.4, 0.5) is 0 Å². The Balaban J connectivity index is 1.97. The Labute approximate surface area is 115 Å². The zero-order valence-electron chi connectivity index (χ0n) is 12.1. The van der Waals surface area contributed by atoms with Crippen LogP contribution >= 0.6 is 0 Å². The molecule has 0 radical (unpaired) electrons. The second-order valence-corrected chi connectivity index (χ2v) is 7.24. The predicted octanol–water partition coefficient (Wildman–Crippen LogP) is 3.55. The van der Waals surface area contributed by atoms with Crippen LogP contribution in [0, 0.1) is 28.6 Å². The number of hydrogen-bond acceptors (Lipinski definition) is 2. The van der Waals surface area contributed by atoms with Gasteiger partial charge in [-0.05, 0) is 50.4 Å². The Morgan fingerprint density at radius 1 is 1.05 bits per heavy atom. The molecule has 0 aromatic heterocycles. The van der Waals surface area contributed by atoms with Crippen molar-refractivity contribution in [1.29, 1.82) is 0 Å². The summed E-state index contributed by atoms with van der Waals surface area (Å²) in [6, 6.07) is 0. The van der Waals surface area contributed by atoms with Crippen LogP contribution in [0.5, 0.6) is 0 Å². The molecular weight excluding hydrogens is 236 g/mol. The zero-order valence-corrected chi connectivity index (χ0v) is 12.1. The van der Waals surface area contributed by atoms with Crippen molar-refractivity contribution in [3.05, 3.63) is 12.7 Å². The molecule has 0 unspecified atom stereocenters. The van der Waals surface area contributed by atoms with E-state index in [0.29, 0.717) is 35.7 Å². The number of Topliss-reactive ketones (excluding diaryl/α,β-unsaturated/α-hetero) is 2. The van der Waals surface area contributed by atoms with Gasteiger partial charge in [-0.25, -0.2) is 0 Å². The van der Waals surface area contributed by atoms with Gasteiger partial charge in [0.15, 0.2) is 0 Å². The lowest BCUT2D eigenvalue weighted by Crippen LogP contribution is -2.51. The second kappa shape index (κ2) is 4.04. The van der Waals surface area contributed by atoms with E-state index < -0.39 is 0 Å². The molecule has 3 rings (SSSR count). The molecule has 0 aromatic carbocycles. The van der Waals surface area contributed by atoms with Gasteiger partial charge in [0.1, 0.15) is 11.6 Å². The molecule has 3 aliphatic carbocycles. The molecule has 3 fully saturated rings. The van der Waals surface area contributed by atoms with E-state index in [4.69, 9.17) is 0 Å². The predicted molar refractivity (Wildman–Crippen MR) is 74.6 cm³/mol. The molecule has 104 valence electrons. The highest BCUT2D eigenvalue weighted by atomic mass is 16.1. The average Bonchev–Trinajstić information content (AvgIpc) is 2.70. The third-order valence-corrected chi connectivity index (χ3v) is 6.65. The van der Waals surface area contributed by atoms with Gasteiger partial charge in [0, 0.05) is 23.7 Å². The van der Waals surface area contributed by atoms with Gasteiger partial charge >= 0.3 is 0 Å². The number of carbonyl (C=O) groups excluding carboxylic acids is 2. The lowest BCUT2D eigenvalue weighted by molar-refractivity contribution is -0.142. The van der Waals surface area contributed by atoms with Gasteiger partial charge in [-0.1, -0.05) is 13.0 Å². The van der Waals surface area contributed by atoms with Crippen LogP contribution in [0.15, 0.2) is 12.7 Å². The summed E-state index contributed by atoms with van der Waals surface area (Å²) in [7, 11) is 0. The van der Waals surface area contributed by atoms with Gasteiger partial charge in [-0.2, -0.15) is 0 Å². The van der Waals surface area contributed by atoms with E-state index in [1.807, 2.05) is 6.08 Å². The van der Waals surface area contributed by atoms with Crippen molar-refractivity contribution >= 4 is 11.6 Å². The molecule has 0 aromatic rings. The van der Waals surface area contributed by atoms with E-state index in [2.05, 4.69) is 20.4 Å². The summed E-state index contributed by atoms with van der Waals surface area (Å²) in [4.78, 5) is 24.5. The van der Waals surface area contributed by atoms with Gasteiger partial charge in [0.05, 0.1) is 0 Å². The Bertz CT molecular complexity index is 452. The molecule has 0 N–H and O–H groups in total. The SMILES string of the molecule is C=C[C@@]1(C)C(=O)CC[C@@H]2[C@@H]1CC[C@]1(C)C(=O)CC[C@@H]21. The van der Waals surface area contributed by atoms with E-state index >= 15 is 0 Å². The van der Waals surface area contributed by atoms with Crippen LogP contribution in [-0.4, -0.2) is 11.6 Å². The largest absolute Gasteiger partial charge is 0.299 e. The van der Waals surface area contributed by atoms with E-state index in [0.717, 1.165) is 32.1 Å². The Hall–Kier alpha value is -0.920. The molecule has 0 aliphatic heterocycles. The maximum atomic E-state index is 12.3. The van der Waals surface area contributed by atoms with Gasteiger partial charge < -0.3 is 0 Å². The molecule has 2 heteroatoms. The third-order valence-electron chi connectivity index (χ3n) is 6.65. The monoisotopic (exact) mass is 260 g/mol. The first-order valence-electron chi connectivity index (χ1n) is 7.63. The Morgan fingerprint density at radius 2 is 1.74 bits per heavy atom. The molecule has 19 heavy (non-hydrogen) atoms. The molecule has 5 atom stereocenters. The Kier molecular flexibility index (Phi) is 2.78. The number of ketones is 2. The molecule has 0 amide bonds. The average molecular weight is 260 g/mol. The van der Waals surface area contributed by atoms with Crippen molar-refractivity contribution in [2.75, 3.05) is 0 Å². The van der Waals surface area contributed by atoms with Gasteiger partial charge in [-0.15, -0.1) is 6.58 Å². The van der Waals surface area contributed by atoms with E-state index in [-0.39, 0.29) is 10.8 Å². The summed E-state index contributed by atoms with van der Waals surface area (Å²) in [6.45, 7) is 8.17. The fraction of sp³-hybridized carbons (Fsp3) is 0.765. The summed E-state index contributed by atoms with van der Waals surface area (Å²) in [6.07, 6.45) is 7.31. The highest BCUT2D eigenvalue weighted by molar-refractivity contribution is 5.89. The third kappa shape index (κ3) is 1.55. The van der Waals surface area contributed by atoms with Crippen LogP contribution in [0.1, 0.15) is 52.4 Å². The van der Waals surface area contributed by atoms with Crippen molar-refractivity contribution in [3.63, 3.8) is 0 Å². The minimum Gasteiger partial charge on any atom is -0.299 e. The molecular formula is C17H24O2. The summed E-state index contributed by atoms with van der Waals surface area (Å²) >= 11 is 0. The maximum absolute atomic E-state index is 12.3. The lowest BCUT2D eigenvalue weighted by atomic mass is 9.50. The smallest absolute Gasteiger partial charge is 0.142 e. The number of allylic oxidation sites excluding steroid dienone is 1. The van der Waals surface area contributed by atoms with Crippen molar-refractivity contribution < 1.29 is 9.59 Å². The fourth-order valence-corrected chi connectivity index (χ4v) is 5.24. The maximum Gasteiger partial charge on any atom is 0.142 e. The van der Waals surface area contributed by atoms with Crippen LogP contribution in [0.2, 0.25) is 0 Å². The van der Waals surface area contributed by atoms with Gasteiger partial charge in [-0.3, -0.25) is 9.59 Å². The van der Waals surface area contributed by atoms with Crippen molar-refractivity contribution in [3.8, 4) is 0 Å². The molecule has 3 aliphatic rings. The molecule has 0 spiro atoms. The van der Waals surface area contributed by atoms with Crippen LogP contribution in [0.3, 0.4) is 0 Å². The highest BCUT2D eigenvalue weighted by Crippen LogP contribution is 2.61. The van der Waals surface area contributed by atoms with Crippen molar-refractivity contribution in [1.82, 2.24) is 0 Å². The number of fused-ring (bicyclic) bond motifs is 3. The number of hydrogen-bond donors (Lipinski definition) is 0. The zero-order chi connectivity index (χ0) is 13.8. The van der Waals surface area contributed by atoms with Gasteiger partial charge in [0.25, 0.3) is 0 Å². The molecule has 2 nitrogen and oxygen atoms in total. The van der Waals surface area contributed by atoms with Crippen molar-refractivity contribution in [2.24, 2.45) is 28.6 Å². The summed E-state index contributed by atoms with van der Waals surface area (Å²) in [5.41, 5.74) is -0.445. The minimum absolute atomic E-state index is 0.0936. The van der Waals surface area contributed by atoms with E-state index in [1.54, 1.807) is 0 Å². The molecule has 0 bridgehead atoms. The highest BCUT2D eigenvalue weighted by Gasteiger charge is 2.58. The van der Waals surface area contributed by atoms with Crippen LogP contribution in [0.25, 0.3) is 0 Å². The first-order valence-corrected chi connectivity index (χ1v) is 7.63. The van der Waals surface area contributed by atoms with E-state index in [1.165, 1.54) is 0 Å². The lowest BCUT2D eigenvalue weighted by Gasteiger charge is -2.53. The van der Waals surface area contributed by atoms with Crippen LogP contribution < -0.4 is 0 Å². The first-order chi connectivity index (χ1) is 8.93. The van der Waals surface area contributed by atoms with Gasteiger partial charge in [0.2, 0.25) is 0 Å². The van der Waals surface area contributed by atoms with E-state index in [9.17, 15) is 9.59 Å². The second-order valence-electron chi connectivity index (χ2n) is 7.24. The summed E-state index contributed by atoms with van der Waals surface area (Å²) < 4.78 is 0. The normalized spacial score (nSPS) is 49.7. The molecule has 3 saturated carbocycles.